The predicted molar refractivity (Wildman–Crippen MR) is 100 cm³/mol. The molecule has 1 aromatic carbocycles. The Morgan fingerprint density at radius 3 is 2.59 bits per heavy atom. The maximum absolute atomic E-state index is 15.1. The first-order chi connectivity index (χ1) is 12.8. The van der Waals surface area contributed by atoms with Gasteiger partial charge in [0.05, 0.1) is 17.3 Å². The van der Waals surface area contributed by atoms with Gasteiger partial charge >= 0.3 is 5.97 Å². The summed E-state index contributed by atoms with van der Waals surface area (Å²) >= 11 is 0. The molecule has 1 saturated carbocycles. The standard InChI is InChI=1S/C20H23FN2O4/c1-10-8-22(6-5-16(10)24)18-11(2)17-13(7-15(18)21)19(25)14(20(26)27)9-23(17)12-3-4-12/h7,9-10,12,16,24H,3-6,8H2,1-2H3,(H,26,27)/t10-,16+/m0/s1. The molecule has 4 rings (SSSR count). The summed E-state index contributed by atoms with van der Waals surface area (Å²) < 4.78 is 16.9. The van der Waals surface area contributed by atoms with E-state index < -0.39 is 23.3 Å². The number of aliphatic hydroxyl groups is 1. The van der Waals surface area contributed by atoms with Crippen LogP contribution in [0.5, 0.6) is 0 Å². The van der Waals surface area contributed by atoms with E-state index in [0.29, 0.717) is 36.3 Å². The first-order valence-electron chi connectivity index (χ1n) is 9.33. The van der Waals surface area contributed by atoms with Crippen LogP contribution in [0.1, 0.15) is 48.1 Å². The van der Waals surface area contributed by atoms with Gasteiger partial charge in [-0.05, 0) is 43.7 Å². The topological polar surface area (TPSA) is 82.8 Å². The normalized spacial score (nSPS) is 23.0. The molecular formula is C20H23FN2O4. The lowest BCUT2D eigenvalue weighted by Crippen LogP contribution is -2.42. The summed E-state index contributed by atoms with van der Waals surface area (Å²) in [6.45, 7) is 4.79. The molecule has 2 aromatic rings. The zero-order valence-electron chi connectivity index (χ0n) is 15.4. The molecule has 2 fully saturated rings. The van der Waals surface area contributed by atoms with Crippen molar-refractivity contribution < 1.29 is 19.4 Å². The number of halogens is 1. The fourth-order valence-electron chi connectivity index (χ4n) is 4.19. The zero-order valence-corrected chi connectivity index (χ0v) is 15.4. The third-order valence-corrected chi connectivity index (χ3v) is 5.83. The van der Waals surface area contributed by atoms with Crippen LogP contribution in [-0.2, 0) is 0 Å². The SMILES string of the molecule is Cc1c(N2CC[C@@H](O)[C@@H](C)C2)c(F)cc2c(=O)c(C(=O)O)cn(C3CC3)c12. The Balaban J connectivity index is 1.96. The van der Waals surface area contributed by atoms with E-state index in [2.05, 4.69) is 0 Å². The number of nitrogens with zero attached hydrogens (tertiary/aromatic N) is 2. The van der Waals surface area contributed by atoms with Gasteiger partial charge in [-0.2, -0.15) is 0 Å². The van der Waals surface area contributed by atoms with Gasteiger partial charge in [0.25, 0.3) is 0 Å². The highest BCUT2D eigenvalue weighted by Gasteiger charge is 2.31. The van der Waals surface area contributed by atoms with Gasteiger partial charge in [-0.3, -0.25) is 4.79 Å². The molecule has 1 aliphatic heterocycles. The van der Waals surface area contributed by atoms with Gasteiger partial charge in [0.1, 0.15) is 11.4 Å². The molecule has 7 heteroatoms. The van der Waals surface area contributed by atoms with Crippen molar-refractivity contribution in [3.63, 3.8) is 0 Å². The molecule has 144 valence electrons. The Labute approximate surface area is 155 Å². The molecule has 2 heterocycles. The van der Waals surface area contributed by atoms with Crippen LogP contribution in [0.3, 0.4) is 0 Å². The number of piperidine rings is 1. The molecule has 1 aromatic heterocycles. The van der Waals surface area contributed by atoms with Crippen LogP contribution in [0.4, 0.5) is 10.1 Å². The summed E-state index contributed by atoms with van der Waals surface area (Å²) in [5.74, 6) is -1.80. The number of hydrogen-bond donors (Lipinski definition) is 2. The molecule has 0 unspecified atom stereocenters. The minimum absolute atomic E-state index is 0.0215. The lowest BCUT2D eigenvalue weighted by Gasteiger charge is -2.37. The number of carbonyl (C=O) groups is 1. The molecule has 0 bridgehead atoms. The van der Waals surface area contributed by atoms with E-state index >= 15 is 4.39 Å². The van der Waals surface area contributed by atoms with Crippen LogP contribution in [0.25, 0.3) is 10.9 Å². The first kappa shape index (κ1) is 18.0. The lowest BCUT2D eigenvalue weighted by atomic mass is 9.95. The number of aromatic carboxylic acids is 1. The third-order valence-electron chi connectivity index (χ3n) is 5.83. The Hall–Kier alpha value is -2.41. The molecule has 6 nitrogen and oxygen atoms in total. The number of benzene rings is 1. The van der Waals surface area contributed by atoms with E-state index in [9.17, 15) is 19.8 Å². The van der Waals surface area contributed by atoms with Crippen LogP contribution in [-0.4, -0.2) is 39.9 Å². The maximum atomic E-state index is 15.1. The number of pyridine rings is 1. The maximum Gasteiger partial charge on any atom is 0.341 e. The predicted octanol–water partition coefficient (Wildman–Crippen LogP) is 2.69. The third kappa shape index (κ3) is 2.90. The summed E-state index contributed by atoms with van der Waals surface area (Å²) in [4.78, 5) is 26.0. The van der Waals surface area contributed by atoms with Crippen molar-refractivity contribution in [1.29, 1.82) is 0 Å². The molecule has 0 amide bonds. The smallest absolute Gasteiger partial charge is 0.341 e. The molecule has 1 aliphatic carbocycles. The number of rotatable bonds is 3. The highest BCUT2D eigenvalue weighted by Crippen LogP contribution is 2.40. The van der Waals surface area contributed by atoms with E-state index in [1.54, 1.807) is 6.92 Å². The monoisotopic (exact) mass is 374 g/mol. The number of aliphatic hydroxyl groups excluding tert-OH is 1. The van der Waals surface area contributed by atoms with Gasteiger partial charge in [0.15, 0.2) is 0 Å². The molecular weight excluding hydrogens is 351 g/mol. The number of aryl methyl sites for hydroxylation is 1. The van der Waals surface area contributed by atoms with Crippen molar-refractivity contribution >= 4 is 22.6 Å². The van der Waals surface area contributed by atoms with E-state index in [1.165, 1.54) is 12.3 Å². The summed E-state index contributed by atoms with van der Waals surface area (Å²) in [5.41, 5.74) is 0.733. The van der Waals surface area contributed by atoms with E-state index in [0.717, 1.165) is 12.8 Å². The van der Waals surface area contributed by atoms with Crippen molar-refractivity contribution in [3.05, 3.63) is 39.4 Å². The minimum atomic E-state index is -1.29. The van der Waals surface area contributed by atoms with Crippen molar-refractivity contribution in [2.75, 3.05) is 18.0 Å². The number of anilines is 1. The zero-order chi connectivity index (χ0) is 19.5. The Bertz CT molecular complexity index is 996. The summed E-state index contributed by atoms with van der Waals surface area (Å²) in [6.07, 6.45) is 3.40. The van der Waals surface area contributed by atoms with E-state index in [4.69, 9.17) is 0 Å². The summed E-state index contributed by atoms with van der Waals surface area (Å²) in [6, 6.07) is 1.33. The number of fused-ring (bicyclic) bond motifs is 1. The molecule has 0 spiro atoms. The fraction of sp³-hybridized carbons (Fsp3) is 0.500. The van der Waals surface area contributed by atoms with Crippen LogP contribution in [0.2, 0.25) is 0 Å². The number of hydrogen-bond acceptors (Lipinski definition) is 4. The van der Waals surface area contributed by atoms with Gasteiger partial charge in [-0.25, -0.2) is 9.18 Å². The first-order valence-corrected chi connectivity index (χ1v) is 9.33. The van der Waals surface area contributed by atoms with E-state index in [-0.39, 0.29) is 22.9 Å². The highest BCUT2D eigenvalue weighted by molar-refractivity contribution is 5.95. The van der Waals surface area contributed by atoms with Gasteiger partial charge in [0.2, 0.25) is 5.43 Å². The Kier molecular flexibility index (Phi) is 4.22. The van der Waals surface area contributed by atoms with Gasteiger partial charge < -0.3 is 19.7 Å². The molecule has 1 saturated heterocycles. The van der Waals surface area contributed by atoms with Crippen molar-refractivity contribution in [1.82, 2.24) is 4.57 Å². The average molecular weight is 374 g/mol. The van der Waals surface area contributed by atoms with Crippen LogP contribution in [0.15, 0.2) is 17.1 Å². The van der Waals surface area contributed by atoms with Crippen LogP contribution >= 0.6 is 0 Å². The minimum Gasteiger partial charge on any atom is -0.477 e. The fourth-order valence-corrected chi connectivity index (χ4v) is 4.19. The van der Waals surface area contributed by atoms with Gasteiger partial charge in [-0.1, -0.05) is 6.92 Å². The molecule has 2 N–H and O–H groups in total. The molecule has 2 atom stereocenters. The lowest BCUT2D eigenvalue weighted by molar-refractivity contribution is 0.0694. The number of aromatic nitrogens is 1. The highest BCUT2D eigenvalue weighted by atomic mass is 19.1. The Morgan fingerprint density at radius 2 is 2.00 bits per heavy atom. The van der Waals surface area contributed by atoms with Crippen molar-refractivity contribution in [3.8, 4) is 0 Å². The summed E-state index contributed by atoms with van der Waals surface area (Å²) in [7, 11) is 0. The van der Waals surface area contributed by atoms with E-state index in [1.807, 2.05) is 16.4 Å². The molecule has 2 aliphatic rings. The van der Waals surface area contributed by atoms with Crippen molar-refractivity contribution in [2.45, 2.75) is 45.3 Å². The second-order valence-electron chi connectivity index (χ2n) is 7.82. The Morgan fingerprint density at radius 1 is 1.30 bits per heavy atom. The van der Waals surface area contributed by atoms with Crippen LogP contribution in [0, 0.1) is 18.7 Å². The summed E-state index contributed by atoms with van der Waals surface area (Å²) in [5, 5.41) is 19.5. The number of carboxylic acids is 1. The second kappa shape index (κ2) is 6.34. The van der Waals surface area contributed by atoms with Crippen LogP contribution < -0.4 is 10.3 Å². The largest absolute Gasteiger partial charge is 0.477 e. The quantitative estimate of drug-likeness (QED) is 0.863. The van der Waals surface area contributed by atoms with Gasteiger partial charge in [0, 0.05) is 30.7 Å². The van der Waals surface area contributed by atoms with Crippen molar-refractivity contribution in [2.24, 2.45) is 5.92 Å². The van der Waals surface area contributed by atoms with Gasteiger partial charge in [-0.15, -0.1) is 0 Å². The molecule has 0 radical (unpaired) electrons. The second-order valence-corrected chi connectivity index (χ2v) is 7.82. The molecule has 27 heavy (non-hydrogen) atoms. The average Bonchev–Trinajstić information content (AvgIpc) is 3.43. The number of carboxylic acid groups (broad SMARTS) is 1.